The van der Waals surface area contributed by atoms with Gasteiger partial charge in [0.2, 0.25) is 0 Å². The lowest BCUT2D eigenvalue weighted by molar-refractivity contribution is 0.645. The van der Waals surface area contributed by atoms with Crippen molar-refractivity contribution in [3.8, 4) is 0 Å². The minimum Gasteiger partial charge on any atom is -0.363 e. The van der Waals surface area contributed by atoms with Crippen LogP contribution >= 0.6 is 0 Å². The lowest BCUT2D eigenvalue weighted by Crippen LogP contribution is -2.21. The Kier molecular flexibility index (Phi) is 3.89. The van der Waals surface area contributed by atoms with E-state index in [1.807, 2.05) is 31.3 Å². The fourth-order valence-electron chi connectivity index (χ4n) is 1.25. The predicted octanol–water partition coefficient (Wildman–Crippen LogP) is 1.43. The van der Waals surface area contributed by atoms with Crippen LogP contribution < -0.4 is 10.6 Å². The molecule has 2 N–H and O–H groups in total. The van der Waals surface area contributed by atoms with E-state index in [9.17, 15) is 0 Å². The molecule has 14 heavy (non-hydrogen) atoms. The summed E-state index contributed by atoms with van der Waals surface area (Å²) in [5.74, 6) is 0.985. The Morgan fingerprint density at radius 2 is 2.14 bits per heavy atom. The van der Waals surface area contributed by atoms with E-state index in [0.29, 0.717) is 0 Å². The normalized spacial score (nSPS) is 12.6. The first kappa shape index (κ1) is 11.0. The van der Waals surface area contributed by atoms with Gasteiger partial charge in [-0.15, -0.1) is 0 Å². The second kappa shape index (κ2) is 4.96. The number of nitrogens with zero attached hydrogens (tertiary/aromatic N) is 2. The van der Waals surface area contributed by atoms with E-state index in [2.05, 4.69) is 18.0 Å². The second-order valence-corrected chi connectivity index (χ2v) is 3.79. The zero-order valence-electron chi connectivity index (χ0n) is 9.20. The second-order valence-electron chi connectivity index (χ2n) is 3.79. The summed E-state index contributed by atoms with van der Waals surface area (Å²) in [4.78, 5) is 6.33. The number of aromatic nitrogens is 1. The SMILES string of the molecule is CCC(N)Cc1ccc(N(C)C)nc1. The Morgan fingerprint density at radius 3 is 2.57 bits per heavy atom. The maximum absolute atomic E-state index is 5.86. The summed E-state index contributed by atoms with van der Waals surface area (Å²) >= 11 is 0. The zero-order valence-corrected chi connectivity index (χ0v) is 9.20. The van der Waals surface area contributed by atoms with Crippen LogP contribution in [0.4, 0.5) is 5.82 Å². The number of nitrogens with two attached hydrogens (primary N) is 1. The van der Waals surface area contributed by atoms with Crippen molar-refractivity contribution >= 4 is 5.82 Å². The van der Waals surface area contributed by atoms with Crippen molar-refractivity contribution in [1.29, 1.82) is 0 Å². The molecule has 0 saturated heterocycles. The van der Waals surface area contributed by atoms with Crippen molar-refractivity contribution in [1.82, 2.24) is 4.98 Å². The molecule has 0 spiro atoms. The monoisotopic (exact) mass is 193 g/mol. The van der Waals surface area contributed by atoms with Gasteiger partial charge in [0.15, 0.2) is 0 Å². The van der Waals surface area contributed by atoms with E-state index in [4.69, 9.17) is 5.73 Å². The highest BCUT2D eigenvalue weighted by Crippen LogP contribution is 2.09. The molecule has 1 aromatic rings. The van der Waals surface area contributed by atoms with E-state index in [-0.39, 0.29) is 6.04 Å². The van der Waals surface area contributed by atoms with Gasteiger partial charge in [-0.05, 0) is 24.5 Å². The summed E-state index contributed by atoms with van der Waals surface area (Å²) < 4.78 is 0. The summed E-state index contributed by atoms with van der Waals surface area (Å²) in [5.41, 5.74) is 7.08. The number of hydrogen-bond donors (Lipinski definition) is 1. The van der Waals surface area contributed by atoms with Gasteiger partial charge in [-0.2, -0.15) is 0 Å². The Morgan fingerprint density at radius 1 is 1.43 bits per heavy atom. The van der Waals surface area contributed by atoms with Crippen LogP contribution in [0.25, 0.3) is 0 Å². The maximum Gasteiger partial charge on any atom is 0.127 e. The van der Waals surface area contributed by atoms with Gasteiger partial charge < -0.3 is 10.6 Å². The van der Waals surface area contributed by atoms with Gasteiger partial charge in [0.05, 0.1) is 0 Å². The largest absolute Gasteiger partial charge is 0.363 e. The topological polar surface area (TPSA) is 42.1 Å². The van der Waals surface area contributed by atoms with Gasteiger partial charge in [0.1, 0.15) is 5.82 Å². The molecule has 0 fully saturated rings. The molecule has 3 heteroatoms. The highest BCUT2D eigenvalue weighted by molar-refractivity contribution is 5.37. The molecule has 1 unspecified atom stereocenters. The number of pyridine rings is 1. The van der Waals surface area contributed by atoms with Gasteiger partial charge in [0.25, 0.3) is 0 Å². The van der Waals surface area contributed by atoms with Gasteiger partial charge in [-0.3, -0.25) is 0 Å². The Bertz CT molecular complexity index is 266. The standard InChI is InChI=1S/C11H19N3/c1-4-10(12)7-9-5-6-11(13-8-9)14(2)3/h5-6,8,10H,4,7,12H2,1-3H3. The number of rotatable bonds is 4. The highest BCUT2D eigenvalue weighted by Gasteiger charge is 2.02. The summed E-state index contributed by atoms with van der Waals surface area (Å²) in [6.07, 6.45) is 3.83. The molecule has 3 nitrogen and oxygen atoms in total. The molecule has 0 aliphatic heterocycles. The molecular weight excluding hydrogens is 174 g/mol. The smallest absolute Gasteiger partial charge is 0.127 e. The van der Waals surface area contributed by atoms with Crippen LogP contribution in [-0.2, 0) is 6.42 Å². The van der Waals surface area contributed by atoms with Crippen molar-refractivity contribution in [2.24, 2.45) is 5.73 Å². The van der Waals surface area contributed by atoms with Crippen LogP contribution in [0.15, 0.2) is 18.3 Å². The molecule has 0 amide bonds. The van der Waals surface area contributed by atoms with Gasteiger partial charge in [-0.25, -0.2) is 4.98 Å². The van der Waals surface area contributed by atoms with Gasteiger partial charge in [-0.1, -0.05) is 13.0 Å². The molecule has 1 heterocycles. The third-order valence-corrected chi connectivity index (χ3v) is 2.29. The minimum atomic E-state index is 0.252. The number of hydrogen-bond acceptors (Lipinski definition) is 3. The van der Waals surface area contributed by atoms with Crippen LogP contribution in [0.5, 0.6) is 0 Å². The quantitative estimate of drug-likeness (QED) is 0.786. The summed E-state index contributed by atoms with van der Waals surface area (Å²) in [7, 11) is 3.97. The van der Waals surface area contributed by atoms with E-state index in [0.717, 1.165) is 18.7 Å². The van der Waals surface area contributed by atoms with Gasteiger partial charge in [0, 0.05) is 26.3 Å². The predicted molar refractivity (Wildman–Crippen MR) is 60.5 cm³/mol. The molecule has 1 atom stereocenters. The Balaban J connectivity index is 2.64. The number of anilines is 1. The summed E-state index contributed by atoms with van der Waals surface area (Å²) in [6, 6.07) is 4.37. The third kappa shape index (κ3) is 3.00. The lowest BCUT2D eigenvalue weighted by Gasteiger charge is -2.12. The average molecular weight is 193 g/mol. The molecule has 0 bridgehead atoms. The highest BCUT2D eigenvalue weighted by atomic mass is 15.1. The molecule has 78 valence electrons. The van der Waals surface area contributed by atoms with Crippen LogP contribution in [0.1, 0.15) is 18.9 Å². The van der Waals surface area contributed by atoms with E-state index in [1.54, 1.807) is 0 Å². The van der Waals surface area contributed by atoms with Crippen LogP contribution in [-0.4, -0.2) is 25.1 Å². The molecule has 0 radical (unpaired) electrons. The van der Waals surface area contributed by atoms with E-state index in [1.165, 1.54) is 5.56 Å². The molecule has 1 aromatic heterocycles. The fourth-order valence-corrected chi connectivity index (χ4v) is 1.25. The molecule has 1 rings (SSSR count). The molecule has 0 aliphatic carbocycles. The first-order valence-corrected chi connectivity index (χ1v) is 5.01. The lowest BCUT2D eigenvalue weighted by atomic mass is 10.1. The molecule has 0 saturated carbocycles. The van der Waals surface area contributed by atoms with Crippen LogP contribution in [0.2, 0.25) is 0 Å². The van der Waals surface area contributed by atoms with E-state index >= 15 is 0 Å². The zero-order chi connectivity index (χ0) is 10.6. The summed E-state index contributed by atoms with van der Waals surface area (Å²) in [5, 5.41) is 0. The first-order chi connectivity index (χ1) is 6.63. The Hall–Kier alpha value is -1.09. The third-order valence-electron chi connectivity index (χ3n) is 2.29. The fraction of sp³-hybridized carbons (Fsp3) is 0.545. The first-order valence-electron chi connectivity index (χ1n) is 5.01. The summed E-state index contributed by atoms with van der Waals surface area (Å²) in [6.45, 7) is 2.10. The van der Waals surface area contributed by atoms with Crippen molar-refractivity contribution < 1.29 is 0 Å². The van der Waals surface area contributed by atoms with E-state index < -0.39 is 0 Å². The molecule has 0 aromatic carbocycles. The van der Waals surface area contributed by atoms with Crippen molar-refractivity contribution in [2.75, 3.05) is 19.0 Å². The minimum absolute atomic E-state index is 0.252. The van der Waals surface area contributed by atoms with Crippen molar-refractivity contribution in [3.05, 3.63) is 23.9 Å². The Labute approximate surface area is 85.9 Å². The van der Waals surface area contributed by atoms with Crippen LogP contribution in [0, 0.1) is 0 Å². The van der Waals surface area contributed by atoms with Crippen molar-refractivity contribution in [2.45, 2.75) is 25.8 Å². The van der Waals surface area contributed by atoms with Crippen LogP contribution in [0.3, 0.4) is 0 Å². The maximum atomic E-state index is 5.86. The molecular formula is C11H19N3. The van der Waals surface area contributed by atoms with Gasteiger partial charge >= 0.3 is 0 Å². The molecule has 0 aliphatic rings. The average Bonchev–Trinajstić information content (AvgIpc) is 2.18. The van der Waals surface area contributed by atoms with Crippen molar-refractivity contribution in [3.63, 3.8) is 0 Å².